The van der Waals surface area contributed by atoms with E-state index in [2.05, 4.69) is 72.2 Å². The molecule has 0 heterocycles. The zero-order chi connectivity index (χ0) is 24.9. The Balaban J connectivity index is 1.53. The third-order valence-corrected chi connectivity index (χ3v) is 9.86. The molecule has 0 aliphatic heterocycles. The summed E-state index contributed by atoms with van der Waals surface area (Å²) in [6.07, 6.45) is 16.6. The minimum atomic E-state index is 0.0971. The van der Waals surface area contributed by atoms with Crippen molar-refractivity contribution in [2.45, 2.75) is 109 Å². The molecule has 3 fully saturated rings. The number of hydrogen-bond acceptors (Lipinski definition) is 2. The van der Waals surface area contributed by atoms with Crippen molar-refractivity contribution in [3.8, 4) is 12.1 Å². The van der Waals surface area contributed by atoms with E-state index >= 15 is 0 Å². The van der Waals surface area contributed by atoms with Gasteiger partial charge in [-0.05, 0) is 103 Å². The molecule has 184 valence electrons. The maximum absolute atomic E-state index is 10.2. The normalized spacial score (nSPS) is 23.1. The molecule has 0 aromatic heterocycles. The molecule has 0 N–H and O–H groups in total. The Kier molecular flexibility index (Phi) is 8.39. The summed E-state index contributed by atoms with van der Waals surface area (Å²) in [4.78, 5) is 0. The smallest absolute Gasteiger partial charge is 0.101 e. The third kappa shape index (κ3) is 5.37. The van der Waals surface area contributed by atoms with Crippen molar-refractivity contribution in [3.05, 3.63) is 68.2 Å². The van der Waals surface area contributed by atoms with E-state index in [1.165, 1.54) is 75.3 Å². The molecule has 0 amide bonds. The lowest BCUT2D eigenvalue weighted by atomic mass is 9.50. The predicted molar refractivity (Wildman–Crippen MR) is 147 cm³/mol. The predicted octanol–water partition coefficient (Wildman–Crippen LogP) is 9.10. The van der Waals surface area contributed by atoms with Gasteiger partial charge < -0.3 is 0 Å². The van der Waals surface area contributed by atoms with Crippen molar-refractivity contribution in [3.63, 3.8) is 0 Å². The summed E-state index contributed by atoms with van der Waals surface area (Å²) in [6, 6.07) is 15.9. The zero-order valence-electron chi connectivity index (χ0n) is 21.6. The lowest BCUT2D eigenvalue weighted by Gasteiger charge is -2.54. The van der Waals surface area contributed by atoms with Crippen molar-refractivity contribution < 1.29 is 0 Å². The van der Waals surface area contributed by atoms with Crippen LogP contribution in [0, 0.1) is 28.1 Å². The number of rotatable bonds is 10. The molecule has 35 heavy (non-hydrogen) atoms. The summed E-state index contributed by atoms with van der Waals surface area (Å²) in [5.41, 5.74) is 6.69. The van der Waals surface area contributed by atoms with Crippen molar-refractivity contribution in [2.75, 3.05) is 0 Å². The topological polar surface area (TPSA) is 47.6 Å². The average Bonchev–Trinajstić information content (AvgIpc) is 2.89. The van der Waals surface area contributed by atoms with Crippen molar-refractivity contribution >= 4 is 15.9 Å². The summed E-state index contributed by atoms with van der Waals surface area (Å²) in [7, 11) is 0. The number of hydrogen-bond donors (Lipinski definition) is 0. The number of nitrogens with zero attached hydrogens (tertiary/aromatic N) is 2. The van der Waals surface area contributed by atoms with Crippen LogP contribution >= 0.6 is 15.9 Å². The van der Waals surface area contributed by atoms with Crippen LogP contribution in [-0.2, 0) is 24.7 Å². The van der Waals surface area contributed by atoms with E-state index in [9.17, 15) is 10.5 Å². The molecule has 0 radical (unpaired) electrons. The van der Waals surface area contributed by atoms with Crippen molar-refractivity contribution in [1.29, 1.82) is 10.5 Å². The fourth-order valence-electron chi connectivity index (χ4n) is 6.84. The molecule has 2 bridgehead atoms. The molecular weight excluding hydrogens is 492 g/mol. The lowest BCUT2D eigenvalue weighted by Crippen LogP contribution is -2.44. The van der Waals surface area contributed by atoms with Crippen molar-refractivity contribution in [1.82, 2.24) is 0 Å². The third-order valence-electron chi connectivity index (χ3n) is 9.12. The highest BCUT2D eigenvalue weighted by molar-refractivity contribution is 9.10. The van der Waals surface area contributed by atoms with Crippen molar-refractivity contribution in [2.24, 2.45) is 5.41 Å². The molecule has 3 aliphatic rings. The van der Waals surface area contributed by atoms with Gasteiger partial charge in [-0.2, -0.15) is 10.5 Å². The first-order valence-corrected chi connectivity index (χ1v) is 14.5. The van der Waals surface area contributed by atoms with E-state index < -0.39 is 0 Å². The summed E-state index contributed by atoms with van der Waals surface area (Å²) in [5, 5.41) is 20.3. The zero-order valence-corrected chi connectivity index (χ0v) is 23.1. The second kappa shape index (κ2) is 11.3. The SMILES string of the molecule is CCCCCC12CCC(c3ccc(CCc4ccc(CCC)cc4Br)c(C#N)c3C#N)(CC1)CC2. The highest BCUT2D eigenvalue weighted by atomic mass is 79.9. The molecule has 5 rings (SSSR count). The maximum Gasteiger partial charge on any atom is 0.101 e. The minimum Gasteiger partial charge on any atom is -0.192 e. The lowest BCUT2D eigenvalue weighted by molar-refractivity contribution is 0.0304. The van der Waals surface area contributed by atoms with Gasteiger partial charge in [0.2, 0.25) is 0 Å². The van der Waals surface area contributed by atoms with Crippen LogP contribution in [0.5, 0.6) is 0 Å². The largest absolute Gasteiger partial charge is 0.192 e. The summed E-state index contributed by atoms with van der Waals surface area (Å²) in [6.45, 7) is 4.48. The van der Waals surface area contributed by atoms with Gasteiger partial charge >= 0.3 is 0 Å². The fraction of sp³-hybridized carbons (Fsp3) is 0.562. The Bertz CT molecular complexity index is 1110. The number of unbranched alkanes of at least 4 members (excludes halogenated alkanes) is 2. The number of fused-ring (bicyclic) bond motifs is 3. The Labute approximate surface area is 220 Å². The molecular formula is C32H39BrN2. The maximum atomic E-state index is 10.2. The van der Waals surface area contributed by atoms with Crippen LogP contribution in [-0.4, -0.2) is 0 Å². The van der Waals surface area contributed by atoms with E-state index in [1.807, 2.05) is 0 Å². The molecule has 0 saturated heterocycles. The van der Waals surface area contributed by atoms with E-state index in [-0.39, 0.29) is 5.41 Å². The number of benzene rings is 2. The first-order valence-electron chi connectivity index (χ1n) is 13.7. The van der Waals surface area contributed by atoms with E-state index in [1.54, 1.807) is 0 Å². The molecule has 0 unspecified atom stereocenters. The first-order chi connectivity index (χ1) is 17.0. The van der Waals surface area contributed by atoms with Gasteiger partial charge in [0.1, 0.15) is 12.1 Å². The molecule has 3 heteroatoms. The molecule has 2 aromatic rings. The van der Waals surface area contributed by atoms with Crippen LogP contribution < -0.4 is 0 Å². The van der Waals surface area contributed by atoms with E-state index in [0.717, 1.165) is 41.3 Å². The standard InChI is InChI=1S/C32H39BrN2/c1-3-5-6-14-31-15-18-32(19-16-31,20-17-31)29-13-12-25(27(22-34)28(29)23-35)10-11-26-9-8-24(7-4-2)21-30(26)33/h8-9,12-13,21H,3-7,10-11,14-20H2,1-2H3. The number of nitriles is 2. The first kappa shape index (κ1) is 26.0. The van der Waals surface area contributed by atoms with Crippen LogP contribution in [0.2, 0.25) is 0 Å². The van der Waals surface area contributed by atoms with E-state index in [0.29, 0.717) is 16.5 Å². The Hall–Kier alpha value is -2.10. The van der Waals surface area contributed by atoms with Crippen LogP contribution in [0.3, 0.4) is 0 Å². The van der Waals surface area contributed by atoms with Gasteiger partial charge in [-0.3, -0.25) is 0 Å². The second-order valence-corrected chi connectivity index (χ2v) is 12.0. The van der Waals surface area contributed by atoms with Gasteiger partial charge in [0.25, 0.3) is 0 Å². The summed E-state index contributed by atoms with van der Waals surface area (Å²) >= 11 is 3.75. The quantitative estimate of drug-likeness (QED) is 0.287. The van der Waals surface area contributed by atoms with Crippen LogP contribution in [0.15, 0.2) is 34.8 Å². The fourth-order valence-corrected chi connectivity index (χ4v) is 7.46. The number of halogens is 1. The molecule has 2 aromatic carbocycles. The highest BCUT2D eigenvalue weighted by Crippen LogP contribution is 2.60. The van der Waals surface area contributed by atoms with Gasteiger partial charge in [-0.25, -0.2) is 0 Å². The Morgan fingerprint density at radius 1 is 0.771 bits per heavy atom. The summed E-state index contributed by atoms with van der Waals surface area (Å²) in [5.74, 6) is 0. The summed E-state index contributed by atoms with van der Waals surface area (Å²) < 4.78 is 1.14. The molecule has 2 nitrogen and oxygen atoms in total. The molecule has 3 saturated carbocycles. The Morgan fingerprint density at radius 3 is 2.03 bits per heavy atom. The van der Waals surface area contributed by atoms with E-state index in [4.69, 9.17) is 0 Å². The van der Waals surface area contributed by atoms with Gasteiger partial charge in [-0.1, -0.05) is 79.7 Å². The van der Waals surface area contributed by atoms with Crippen LogP contribution in [0.1, 0.15) is 118 Å². The van der Waals surface area contributed by atoms with Gasteiger partial charge in [-0.15, -0.1) is 0 Å². The number of aryl methyl sites for hydroxylation is 3. The van der Waals surface area contributed by atoms with Gasteiger partial charge in [0, 0.05) is 4.47 Å². The monoisotopic (exact) mass is 530 g/mol. The Morgan fingerprint density at radius 2 is 1.43 bits per heavy atom. The van der Waals surface area contributed by atoms with Gasteiger partial charge in [0.05, 0.1) is 11.1 Å². The molecule has 3 aliphatic carbocycles. The van der Waals surface area contributed by atoms with Crippen LogP contribution in [0.4, 0.5) is 0 Å². The average molecular weight is 532 g/mol. The molecule has 0 atom stereocenters. The second-order valence-electron chi connectivity index (χ2n) is 11.2. The minimum absolute atomic E-state index is 0.0971. The van der Waals surface area contributed by atoms with Crippen LogP contribution in [0.25, 0.3) is 0 Å². The van der Waals surface area contributed by atoms with Gasteiger partial charge in [0.15, 0.2) is 0 Å². The highest BCUT2D eigenvalue weighted by Gasteiger charge is 2.49. The molecule has 0 spiro atoms.